The van der Waals surface area contributed by atoms with Crippen LogP contribution in [0.1, 0.15) is 36.8 Å². The largest absolute Gasteiger partial charge is 0.341 e. The second kappa shape index (κ2) is 6.15. The summed E-state index contributed by atoms with van der Waals surface area (Å²) in [5.41, 5.74) is 2.46. The molecule has 1 saturated carbocycles. The second-order valence-electron chi connectivity index (χ2n) is 7.14. The van der Waals surface area contributed by atoms with Crippen molar-refractivity contribution in [3.63, 3.8) is 0 Å². The summed E-state index contributed by atoms with van der Waals surface area (Å²) in [5, 5.41) is 0. The van der Waals surface area contributed by atoms with Crippen molar-refractivity contribution in [3.8, 4) is 0 Å². The summed E-state index contributed by atoms with van der Waals surface area (Å²) in [5.74, 6) is 0.414. The Morgan fingerprint density at radius 1 is 0.958 bits per heavy atom. The van der Waals surface area contributed by atoms with Gasteiger partial charge in [-0.3, -0.25) is 4.79 Å². The van der Waals surface area contributed by atoms with Gasteiger partial charge in [0.15, 0.2) is 0 Å². The van der Waals surface area contributed by atoms with Crippen LogP contribution in [0.5, 0.6) is 0 Å². The van der Waals surface area contributed by atoms with E-state index in [2.05, 4.69) is 0 Å². The molecule has 3 aliphatic rings. The monoisotopic (exact) mass is 348 g/mol. The van der Waals surface area contributed by atoms with Crippen LogP contribution in [0.25, 0.3) is 0 Å². The number of hydrogen-bond donors (Lipinski definition) is 0. The highest BCUT2D eigenvalue weighted by molar-refractivity contribution is 7.89. The molecule has 2 fully saturated rings. The molecule has 24 heavy (non-hydrogen) atoms. The number of aryl methyl sites for hydroxylation is 2. The van der Waals surface area contributed by atoms with Gasteiger partial charge in [0.25, 0.3) is 0 Å². The average molecular weight is 348 g/mol. The molecule has 0 bridgehead atoms. The van der Waals surface area contributed by atoms with Crippen molar-refractivity contribution in [2.75, 3.05) is 26.2 Å². The van der Waals surface area contributed by atoms with E-state index in [1.807, 2.05) is 17.0 Å². The summed E-state index contributed by atoms with van der Waals surface area (Å²) >= 11 is 0. The zero-order valence-corrected chi connectivity index (χ0v) is 14.7. The third kappa shape index (κ3) is 2.97. The Kier molecular flexibility index (Phi) is 4.12. The molecule has 6 heteroatoms. The van der Waals surface area contributed by atoms with Crippen LogP contribution in [0.15, 0.2) is 23.1 Å². The predicted octanol–water partition coefficient (Wildman–Crippen LogP) is 1.81. The topological polar surface area (TPSA) is 57.7 Å². The fourth-order valence-corrected chi connectivity index (χ4v) is 5.32. The predicted molar refractivity (Wildman–Crippen MR) is 91.1 cm³/mol. The van der Waals surface area contributed by atoms with Crippen molar-refractivity contribution in [1.29, 1.82) is 0 Å². The van der Waals surface area contributed by atoms with Crippen molar-refractivity contribution >= 4 is 15.9 Å². The van der Waals surface area contributed by atoms with Gasteiger partial charge in [0.05, 0.1) is 4.90 Å². The maximum Gasteiger partial charge on any atom is 0.243 e. The molecule has 2 aliphatic carbocycles. The average Bonchev–Trinajstić information content (AvgIpc) is 3.36. The maximum absolute atomic E-state index is 13.0. The number of rotatable bonds is 3. The van der Waals surface area contributed by atoms with Crippen molar-refractivity contribution in [3.05, 3.63) is 29.3 Å². The molecular formula is C18H24N2O3S. The van der Waals surface area contributed by atoms with Gasteiger partial charge in [0.1, 0.15) is 0 Å². The highest BCUT2D eigenvalue weighted by atomic mass is 32.2. The molecule has 1 saturated heterocycles. The number of hydrogen-bond acceptors (Lipinski definition) is 3. The molecule has 1 aromatic rings. The van der Waals surface area contributed by atoms with Gasteiger partial charge in [-0.05, 0) is 61.8 Å². The number of benzene rings is 1. The molecular weight excluding hydrogens is 324 g/mol. The smallest absolute Gasteiger partial charge is 0.243 e. The second-order valence-corrected chi connectivity index (χ2v) is 9.08. The summed E-state index contributed by atoms with van der Waals surface area (Å²) < 4.78 is 27.5. The highest BCUT2D eigenvalue weighted by Gasteiger charge is 2.35. The Labute approximate surface area is 143 Å². The molecule has 1 heterocycles. The van der Waals surface area contributed by atoms with E-state index < -0.39 is 10.0 Å². The van der Waals surface area contributed by atoms with E-state index >= 15 is 0 Å². The minimum atomic E-state index is -3.47. The zero-order chi connectivity index (χ0) is 16.7. The molecule has 130 valence electrons. The molecule has 1 amide bonds. The first kappa shape index (κ1) is 16.1. The molecule has 1 aromatic carbocycles. The number of amides is 1. The van der Waals surface area contributed by atoms with E-state index in [0.29, 0.717) is 37.5 Å². The van der Waals surface area contributed by atoms with Crippen LogP contribution in [0, 0.1) is 5.92 Å². The van der Waals surface area contributed by atoms with Crippen molar-refractivity contribution in [1.82, 2.24) is 9.21 Å². The molecule has 0 aromatic heterocycles. The van der Waals surface area contributed by atoms with Gasteiger partial charge in [0, 0.05) is 32.1 Å². The lowest BCUT2D eigenvalue weighted by atomic mass is 10.1. The molecule has 0 atom stereocenters. The summed E-state index contributed by atoms with van der Waals surface area (Å²) in [6, 6.07) is 5.57. The van der Waals surface area contributed by atoms with E-state index in [-0.39, 0.29) is 11.8 Å². The van der Waals surface area contributed by atoms with Gasteiger partial charge in [0.2, 0.25) is 15.9 Å². The van der Waals surface area contributed by atoms with Crippen LogP contribution < -0.4 is 0 Å². The Balaban J connectivity index is 1.50. The number of carbonyl (C=O) groups excluding carboxylic acids is 1. The minimum absolute atomic E-state index is 0.199. The van der Waals surface area contributed by atoms with Crippen molar-refractivity contribution < 1.29 is 13.2 Å². The van der Waals surface area contributed by atoms with Crippen molar-refractivity contribution in [2.24, 2.45) is 5.92 Å². The summed E-state index contributed by atoms with van der Waals surface area (Å²) in [6.07, 6.45) is 5.84. The number of nitrogens with zero attached hydrogens (tertiary/aromatic N) is 2. The van der Waals surface area contributed by atoms with E-state index in [1.54, 1.807) is 10.4 Å². The number of fused-ring (bicyclic) bond motifs is 1. The van der Waals surface area contributed by atoms with Gasteiger partial charge >= 0.3 is 0 Å². The third-order valence-corrected chi connectivity index (χ3v) is 7.30. The summed E-state index contributed by atoms with van der Waals surface area (Å²) in [6.45, 7) is 2.08. The Hall–Kier alpha value is -1.40. The first-order chi connectivity index (χ1) is 11.6. The third-order valence-electron chi connectivity index (χ3n) is 5.40. The normalized spacial score (nSPS) is 22.2. The van der Waals surface area contributed by atoms with Gasteiger partial charge < -0.3 is 4.90 Å². The zero-order valence-electron chi connectivity index (χ0n) is 13.9. The van der Waals surface area contributed by atoms with Gasteiger partial charge in [-0.15, -0.1) is 0 Å². The van der Waals surface area contributed by atoms with E-state index in [0.717, 1.165) is 32.1 Å². The fraction of sp³-hybridized carbons (Fsp3) is 0.611. The highest BCUT2D eigenvalue weighted by Crippen LogP contribution is 2.32. The first-order valence-corrected chi connectivity index (χ1v) is 10.4. The van der Waals surface area contributed by atoms with Crippen LogP contribution in [0.4, 0.5) is 0 Å². The van der Waals surface area contributed by atoms with Crippen LogP contribution in [0.2, 0.25) is 0 Å². The first-order valence-electron chi connectivity index (χ1n) is 8.96. The van der Waals surface area contributed by atoms with Gasteiger partial charge in [-0.25, -0.2) is 8.42 Å². The Bertz CT molecular complexity index is 756. The van der Waals surface area contributed by atoms with Crippen LogP contribution in [-0.4, -0.2) is 49.7 Å². The minimum Gasteiger partial charge on any atom is -0.341 e. The van der Waals surface area contributed by atoms with E-state index in [9.17, 15) is 13.2 Å². The van der Waals surface area contributed by atoms with Crippen LogP contribution >= 0.6 is 0 Å². The van der Waals surface area contributed by atoms with Crippen LogP contribution in [0.3, 0.4) is 0 Å². The number of carbonyl (C=O) groups is 1. The van der Waals surface area contributed by atoms with Gasteiger partial charge in [-0.2, -0.15) is 4.31 Å². The molecule has 0 N–H and O–H groups in total. The fourth-order valence-electron chi connectivity index (χ4n) is 3.80. The molecule has 4 rings (SSSR count). The molecule has 0 spiro atoms. The van der Waals surface area contributed by atoms with Crippen molar-refractivity contribution in [2.45, 2.75) is 43.4 Å². The SMILES string of the molecule is O=C(C1CC1)N1CCCN(S(=O)(=O)c2ccc3c(c2)CCC3)CC1. The number of sulfonamides is 1. The standard InChI is InChI=1S/C18H24N2O3S/c21-18(15-5-6-15)19-9-2-10-20(12-11-19)24(22,23)17-8-7-14-3-1-4-16(14)13-17/h7-8,13,15H,1-6,9-12H2. The Morgan fingerprint density at radius 2 is 1.75 bits per heavy atom. The quantitative estimate of drug-likeness (QED) is 0.837. The summed E-state index contributed by atoms with van der Waals surface area (Å²) in [7, 11) is -3.47. The van der Waals surface area contributed by atoms with E-state index in [1.165, 1.54) is 11.1 Å². The molecule has 0 unspecified atom stereocenters. The Morgan fingerprint density at radius 3 is 2.54 bits per heavy atom. The van der Waals surface area contributed by atoms with Gasteiger partial charge in [-0.1, -0.05) is 6.07 Å². The maximum atomic E-state index is 13.0. The lowest BCUT2D eigenvalue weighted by molar-refractivity contribution is -0.132. The summed E-state index contributed by atoms with van der Waals surface area (Å²) in [4.78, 5) is 14.5. The van der Waals surface area contributed by atoms with E-state index in [4.69, 9.17) is 0 Å². The molecule has 0 radical (unpaired) electrons. The lowest BCUT2D eigenvalue weighted by Gasteiger charge is -2.22. The molecule has 1 aliphatic heterocycles. The lowest BCUT2D eigenvalue weighted by Crippen LogP contribution is -2.38. The molecule has 5 nitrogen and oxygen atoms in total. The van der Waals surface area contributed by atoms with Crippen LogP contribution in [-0.2, 0) is 27.7 Å².